The summed E-state index contributed by atoms with van der Waals surface area (Å²) in [6, 6.07) is 0. The Kier molecular flexibility index (Phi) is 3.42. The predicted octanol–water partition coefficient (Wildman–Crippen LogP) is 2.79. The molecule has 19 heavy (non-hydrogen) atoms. The highest BCUT2D eigenvalue weighted by molar-refractivity contribution is 14.1. The lowest BCUT2D eigenvalue weighted by atomic mass is 10.2. The Balaban J connectivity index is 2.12. The zero-order valence-electron chi connectivity index (χ0n) is 11.0. The zero-order valence-corrected chi connectivity index (χ0v) is 13.2. The van der Waals surface area contributed by atoms with E-state index < -0.39 is 0 Å². The summed E-state index contributed by atoms with van der Waals surface area (Å²) in [4.78, 5) is 13.7. The van der Waals surface area contributed by atoms with Gasteiger partial charge in [-0.2, -0.15) is 0 Å². The first-order chi connectivity index (χ1) is 9.20. The summed E-state index contributed by atoms with van der Waals surface area (Å²) in [5, 5.41) is 3.33. The molecule has 3 rings (SSSR count). The van der Waals surface area contributed by atoms with Gasteiger partial charge in [-0.05, 0) is 42.4 Å². The van der Waals surface area contributed by atoms with Gasteiger partial charge in [-0.15, -0.1) is 0 Å². The van der Waals surface area contributed by atoms with Crippen LogP contribution in [0.1, 0.15) is 31.4 Å². The second kappa shape index (κ2) is 5.07. The zero-order chi connectivity index (χ0) is 13.4. The Hall–Kier alpha value is -1.18. The average molecular weight is 369 g/mol. The number of nitrogens with zero attached hydrogens (tertiary/aromatic N) is 4. The van der Waals surface area contributed by atoms with Crippen LogP contribution in [0.2, 0.25) is 0 Å². The molecule has 0 aromatic carbocycles. The minimum Gasteiger partial charge on any atom is -0.369 e. The van der Waals surface area contributed by atoms with Crippen LogP contribution in [0, 0.1) is 3.57 Å². The van der Waals surface area contributed by atoms with E-state index in [9.17, 15) is 0 Å². The molecule has 0 aliphatic heterocycles. The van der Waals surface area contributed by atoms with Crippen LogP contribution in [0.25, 0.3) is 11.6 Å². The van der Waals surface area contributed by atoms with Gasteiger partial charge in [0, 0.05) is 31.9 Å². The third kappa shape index (κ3) is 2.45. The predicted molar refractivity (Wildman–Crippen MR) is 83.1 cm³/mol. The van der Waals surface area contributed by atoms with Crippen LogP contribution in [0.5, 0.6) is 0 Å². The number of nitrogens with one attached hydrogen (secondary N) is 1. The third-order valence-electron chi connectivity index (χ3n) is 3.21. The van der Waals surface area contributed by atoms with Crippen molar-refractivity contribution < 1.29 is 0 Å². The van der Waals surface area contributed by atoms with Gasteiger partial charge in [0.25, 0.3) is 0 Å². The maximum Gasteiger partial charge on any atom is 0.198 e. The molecule has 2 aromatic rings. The minimum absolute atomic E-state index is 0.603. The molecule has 0 unspecified atom stereocenters. The van der Waals surface area contributed by atoms with Crippen molar-refractivity contribution in [1.29, 1.82) is 0 Å². The number of rotatable bonds is 4. The lowest BCUT2D eigenvalue weighted by Gasteiger charge is -2.11. The normalized spacial score (nSPS) is 14.7. The topological polar surface area (TPSA) is 55.6 Å². The van der Waals surface area contributed by atoms with Crippen molar-refractivity contribution in [2.75, 3.05) is 11.9 Å². The Labute approximate surface area is 126 Å². The molecule has 0 spiro atoms. The number of imidazole rings is 1. The molecule has 1 saturated carbocycles. The number of hydrogen-bond donors (Lipinski definition) is 1. The summed E-state index contributed by atoms with van der Waals surface area (Å²) < 4.78 is 3.11. The average Bonchev–Trinajstić information content (AvgIpc) is 3.14. The second-order valence-electron chi connectivity index (χ2n) is 4.76. The van der Waals surface area contributed by atoms with Crippen LogP contribution >= 0.6 is 22.6 Å². The highest BCUT2D eigenvalue weighted by Crippen LogP contribution is 2.42. The van der Waals surface area contributed by atoms with Gasteiger partial charge in [-0.3, -0.25) is 0 Å². The summed E-state index contributed by atoms with van der Waals surface area (Å²) in [7, 11) is 1.97. The van der Waals surface area contributed by atoms with Gasteiger partial charge < -0.3 is 9.88 Å². The molecule has 1 aliphatic rings. The fourth-order valence-corrected chi connectivity index (χ4v) is 2.93. The van der Waals surface area contributed by atoms with E-state index in [1.54, 1.807) is 6.20 Å². The lowest BCUT2D eigenvalue weighted by molar-refractivity contribution is 0.890. The van der Waals surface area contributed by atoms with Crippen molar-refractivity contribution in [2.24, 2.45) is 7.05 Å². The molecule has 2 aromatic heterocycles. The van der Waals surface area contributed by atoms with Crippen LogP contribution in [-0.4, -0.2) is 26.1 Å². The van der Waals surface area contributed by atoms with E-state index in [2.05, 4.69) is 44.8 Å². The highest BCUT2D eigenvalue weighted by Gasteiger charge is 2.30. The van der Waals surface area contributed by atoms with Crippen LogP contribution in [0.15, 0.2) is 12.4 Å². The second-order valence-corrected chi connectivity index (χ2v) is 5.84. The molecule has 1 N–H and O–H groups in total. The SMILES string of the molecule is CCNc1nc(-c2nccn2C)nc(C2CC2)c1I. The van der Waals surface area contributed by atoms with Crippen molar-refractivity contribution in [1.82, 2.24) is 19.5 Å². The van der Waals surface area contributed by atoms with E-state index in [1.165, 1.54) is 18.5 Å². The fourth-order valence-electron chi connectivity index (χ4n) is 2.06. The van der Waals surface area contributed by atoms with Crippen molar-refractivity contribution in [3.8, 4) is 11.6 Å². The number of anilines is 1. The molecule has 0 amide bonds. The molecule has 2 heterocycles. The van der Waals surface area contributed by atoms with Gasteiger partial charge in [0.05, 0.1) is 9.26 Å². The Bertz CT molecular complexity index is 603. The maximum absolute atomic E-state index is 4.74. The largest absolute Gasteiger partial charge is 0.369 e. The monoisotopic (exact) mass is 369 g/mol. The Morgan fingerprint density at radius 3 is 2.79 bits per heavy atom. The quantitative estimate of drug-likeness (QED) is 0.843. The summed E-state index contributed by atoms with van der Waals surface area (Å²) in [5.74, 6) is 3.06. The molecule has 0 atom stereocenters. The van der Waals surface area contributed by atoms with Crippen molar-refractivity contribution in [2.45, 2.75) is 25.7 Å². The van der Waals surface area contributed by atoms with E-state index >= 15 is 0 Å². The van der Waals surface area contributed by atoms with Crippen molar-refractivity contribution in [3.05, 3.63) is 21.7 Å². The van der Waals surface area contributed by atoms with E-state index in [1.807, 2.05) is 17.8 Å². The first-order valence-corrected chi connectivity index (χ1v) is 7.57. The van der Waals surface area contributed by atoms with Gasteiger partial charge in [0.1, 0.15) is 5.82 Å². The highest BCUT2D eigenvalue weighted by atomic mass is 127. The standard InChI is InChI=1S/C13H16IN5/c1-3-15-11-9(14)10(8-4-5-8)17-12(18-11)13-16-6-7-19(13)2/h6-8H,3-5H2,1-2H3,(H,15,17,18). The summed E-state index contributed by atoms with van der Waals surface area (Å²) >= 11 is 2.35. The van der Waals surface area contributed by atoms with Crippen molar-refractivity contribution >= 4 is 28.4 Å². The molecule has 0 saturated heterocycles. The first kappa shape index (κ1) is 12.8. The van der Waals surface area contributed by atoms with Gasteiger partial charge in [-0.25, -0.2) is 15.0 Å². The molecular formula is C13H16IN5. The molecule has 100 valence electrons. The molecule has 5 nitrogen and oxygen atoms in total. The van der Waals surface area contributed by atoms with Gasteiger partial charge >= 0.3 is 0 Å². The molecule has 1 aliphatic carbocycles. The number of hydrogen-bond acceptors (Lipinski definition) is 4. The number of aromatic nitrogens is 4. The third-order valence-corrected chi connectivity index (χ3v) is 4.27. The Morgan fingerprint density at radius 2 is 2.21 bits per heavy atom. The van der Waals surface area contributed by atoms with Crippen LogP contribution in [0.4, 0.5) is 5.82 Å². The van der Waals surface area contributed by atoms with Crippen LogP contribution < -0.4 is 5.32 Å². The number of aryl methyl sites for hydroxylation is 1. The Morgan fingerprint density at radius 1 is 1.42 bits per heavy atom. The number of halogens is 1. The van der Waals surface area contributed by atoms with E-state index in [0.29, 0.717) is 11.7 Å². The minimum atomic E-state index is 0.603. The van der Waals surface area contributed by atoms with E-state index in [-0.39, 0.29) is 0 Å². The van der Waals surface area contributed by atoms with Crippen LogP contribution in [0.3, 0.4) is 0 Å². The van der Waals surface area contributed by atoms with Crippen molar-refractivity contribution in [3.63, 3.8) is 0 Å². The van der Waals surface area contributed by atoms with Gasteiger partial charge in [0.15, 0.2) is 11.6 Å². The molecule has 6 heteroatoms. The van der Waals surface area contributed by atoms with Crippen LogP contribution in [-0.2, 0) is 7.05 Å². The molecule has 1 fully saturated rings. The van der Waals surface area contributed by atoms with E-state index in [4.69, 9.17) is 4.98 Å². The van der Waals surface area contributed by atoms with Gasteiger partial charge in [0.2, 0.25) is 0 Å². The lowest BCUT2D eigenvalue weighted by Crippen LogP contribution is -2.09. The molecular weight excluding hydrogens is 353 g/mol. The first-order valence-electron chi connectivity index (χ1n) is 6.49. The molecule has 0 radical (unpaired) electrons. The molecule has 0 bridgehead atoms. The fraction of sp³-hybridized carbons (Fsp3) is 0.462. The maximum atomic E-state index is 4.74. The summed E-state index contributed by atoms with van der Waals surface area (Å²) in [6.07, 6.45) is 6.16. The van der Waals surface area contributed by atoms with Gasteiger partial charge in [-0.1, -0.05) is 0 Å². The summed E-state index contributed by atoms with van der Waals surface area (Å²) in [5.41, 5.74) is 1.17. The van der Waals surface area contributed by atoms with E-state index in [0.717, 1.165) is 21.8 Å². The summed E-state index contributed by atoms with van der Waals surface area (Å²) in [6.45, 7) is 2.94. The smallest absolute Gasteiger partial charge is 0.198 e.